The highest BCUT2D eigenvalue weighted by Gasteiger charge is 2.34. The maximum atomic E-state index is 10.1. The van der Waals surface area contributed by atoms with Gasteiger partial charge in [0.05, 0.1) is 23.3 Å². The molecule has 0 N–H and O–H groups in total. The predicted octanol–water partition coefficient (Wildman–Crippen LogP) is 9.04. The van der Waals surface area contributed by atoms with Gasteiger partial charge < -0.3 is 0 Å². The van der Waals surface area contributed by atoms with Crippen molar-refractivity contribution in [2.45, 2.75) is 13.8 Å². The minimum absolute atomic E-state index is 0.0274. The summed E-state index contributed by atoms with van der Waals surface area (Å²) in [5, 5.41) is 59.5. The largest absolute Gasteiger partial charge is 0.192 e. The Morgan fingerprint density at radius 1 is 0.375 bits per heavy atom. The number of hydrogen-bond acceptors (Lipinski definition) is 6. The van der Waals surface area contributed by atoms with Crippen molar-refractivity contribution in [2.75, 3.05) is 0 Å². The molecule has 48 heavy (non-hydrogen) atoms. The predicted molar refractivity (Wildman–Crippen MR) is 182 cm³/mol. The molecule has 0 saturated carbocycles. The highest BCUT2D eigenvalue weighted by Crippen LogP contribution is 2.54. The summed E-state index contributed by atoms with van der Waals surface area (Å²) in [5.41, 5.74) is 13.3. The fourth-order valence-corrected chi connectivity index (χ4v) is 6.74. The lowest BCUT2D eigenvalue weighted by molar-refractivity contribution is 1.39. The van der Waals surface area contributed by atoms with Gasteiger partial charge in [-0.25, -0.2) is 0 Å². The molecule has 0 aromatic heterocycles. The lowest BCUT2D eigenvalue weighted by atomic mass is 9.93. The van der Waals surface area contributed by atoms with Crippen LogP contribution in [0.5, 0.6) is 0 Å². The zero-order valence-corrected chi connectivity index (χ0v) is 25.8. The van der Waals surface area contributed by atoms with Gasteiger partial charge in [0.2, 0.25) is 0 Å². The first kappa shape index (κ1) is 29.2. The third-order valence-corrected chi connectivity index (χ3v) is 9.18. The van der Waals surface area contributed by atoms with E-state index < -0.39 is 0 Å². The molecule has 0 atom stereocenters. The molecule has 0 aliphatic heterocycles. The van der Waals surface area contributed by atoms with Crippen LogP contribution in [-0.4, -0.2) is 0 Å². The Hall–Kier alpha value is -7.48. The number of hydrogen-bond donors (Lipinski definition) is 0. The van der Waals surface area contributed by atoms with Crippen molar-refractivity contribution < 1.29 is 0 Å². The molecule has 5 aromatic carbocycles. The molecule has 218 valence electrons. The van der Waals surface area contributed by atoms with E-state index in [2.05, 4.69) is 36.4 Å². The van der Waals surface area contributed by atoms with Crippen molar-refractivity contribution in [3.8, 4) is 80.9 Å². The van der Waals surface area contributed by atoms with Crippen LogP contribution < -0.4 is 0 Å². The summed E-state index contributed by atoms with van der Waals surface area (Å²) in [5.74, 6) is 0. The molecule has 0 fully saturated rings. The van der Waals surface area contributed by atoms with Gasteiger partial charge in [0.25, 0.3) is 0 Å². The Balaban J connectivity index is 1.47. The number of fused-ring (bicyclic) bond motifs is 6. The number of allylic oxidation sites excluding steroid dienone is 2. The first-order valence-electron chi connectivity index (χ1n) is 14.9. The van der Waals surface area contributed by atoms with Crippen molar-refractivity contribution in [2.24, 2.45) is 0 Å². The Morgan fingerprint density at radius 2 is 0.708 bits per heavy atom. The van der Waals surface area contributed by atoms with Crippen LogP contribution in [0.4, 0.5) is 0 Å². The second kappa shape index (κ2) is 11.1. The molecule has 0 heterocycles. The van der Waals surface area contributed by atoms with Gasteiger partial charge in [-0.2, -0.15) is 31.6 Å². The SMILES string of the molecule is Cc1ccc(-c2ccc3c(c2)C(=C(C#N)C#N)c2cc4c(cc2-3)C(=C(C#N)C#N)c2cc(-c3ccc(C)c(C#N)c3)ccc2-4)cc1C#N. The first-order valence-corrected chi connectivity index (χ1v) is 14.9. The average molecular weight is 609 g/mol. The van der Waals surface area contributed by atoms with Crippen LogP contribution in [0.3, 0.4) is 0 Å². The van der Waals surface area contributed by atoms with E-state index in [4.69, 9.17) is 0 Å². The topological polar surface area (TPSA) is 143 Å². The Kier molecular flexibility index (Phi) is 6.79. The van der Waals surface area contributed by atoms with Crippen LogP contribution in [0.2, 0.25) is 0 Å². The van der Waals surface area contributed by atoms with E-state index in [1.54, 1.807) is 0 Å². The summed E-state index contributed by atoms with van der Waals surface area (Å²) in [6.07, 6.45) is 0. The fraction of sp³-hybridized carbons (Fsp3) is 0.0476. The van der Waals surface area contributed by atoms with E-state index in [1.807, 2.05) is 98.8 Å². The van der Waals surface area contributed by atoms with E-state index >= 15 is 0 Å². The molecule has 0 bridgehead atoms. The van der Waals surface area contributed by atoms with Gasteiger partial charge in [-0.15, -0.1) is 0 Å². The van der Waals surface area contributed by atoms with E-state index in [-0.39, 0.29) is 11.1 Å². The number of nitrogens with zero attached hydrogens (tertiary/aromatic N) is 6. The molecular formula is C42H20N6. The van der Waals surface area contributed by atoms with Gasteiger partial charge in [0.15, 0.2) is 0 Å². The van der Waals surface area contributed by atoms with Crippen LogP contribution in [0.15, 0.2) is 96.1 Å². The minimum atomic E-state index is -0.0274. The van der Waals surface area contributed by atoms with Gasteiger partial charge in [-0.3, -0.25) is 0 Å². The van der Waals surface area contributed by atoms with Crippen molar-refractivity contribution >= 4 is 11.1 Å². The zero-order valence-electron chi connectivity index (χ0n) is 25.8. The first-order chi connectivity index (χ1) is 23.3. The lowest BCUT2D eigenvalue weighted by Crippen LogP contribution is -1.91. The van der Waals surface area contributed by atoms with E-state index in [0.717, 1.165) is 66.8 Å². The lowest BCUT2D eigenvalue weighted by Gasteiger charge is -2.09. The van der Waals surface area contributed by atoms with Crippen molar-refractivity contribution in [3.05, 3.63) is 141 Å². The molecule has 0 amide bonds. The third-order valence-electron chi connectivity index (χ3n) is 9.18. The molecule has 6 nitrogen and oxygen atoms in total. The molecule has 2 aliphatic rings. The summed E-state index contributed by atoms with van der Waals surface area (Å²) in [6, 6.07) is 39.8. The standard InChI is InChI=1S/C42H20N6/c1-23-3-5-25(11-29(23)17-43)27-7-9-33-35-15-40-36(16-39(35)41(37(33)13-27)31(19-45)20-46)34-10-8-28(14-38(34)42(40)32(21-47)22-48)26-6-4-24(2)30(12-26)18-44/h3-16H,1-2H3. The average Bonchev–Trinajstić information content (AvgIpc) is 3.60. The number of nitriles is 6. The summed E-state index contributed by atoms with van der Waals surface area (Å²) in [6.45, 7) is 3.76. The summed E-state index contributed by atoms with van der Waals surface area (Å²) >= 11 is 0. The molecule has 2 aliphatic carbocycles. The number of rotatable bonds is 2. The monoisotopic (exact) mass is 608 g/mol. The van der Waals surface area contributed by atoms with Crippen molar-refractivity contribution in [1.29, 1.82) is 31.6 Å². The van der Waals surface area contributed by atoms with E-state index in [1.165, 1.54) is 0 Å². The van der Waals surface area contributed by atoms with Crippen LogP contribution in [0.25, 0.3) is 55.7 Å². The summed E-state index contributed by atoms with van der Waals surface area (Å²) in [4.78, 5) is 0. The smallest absolute Gasteiger partial charge is 0.138 e. The van der Waals surface area contributed by atoms with Gasteiger partial charge in [0.1, 0.15) is 35.4 Å². The maximum absolute atomic E-state index is 10.1. The van der Waals surface area contributed by atoms with Gasteiger partial charge >= 0.3 is 0 Å². The second-order valence-electron chi connectivity index (χ2n) is 11.7. The number of benzene rings is 5. The molecule has 0 radical (unpaired) electrons. The van der Waals surface area contributed by atoms with Gasteiger partial charge in [-0.1, -0.05) is 48.5 Å². The van der Waals surface area contributed by atoms with E-state index in [9.17, 15) is 31.6 Å². The molecule has 0 unspecified atom stereocenters. The highest BCUT2D eigenvalue weighted by atomic mass is 14.4. The molecule has 0 spiro atoms. The number of aryl methyl sites for hydroxylation is 2. The van der Waals surface area contributed by atoms with Crippen molar-refractivity contribution in [3.63, 3.8) is 0 Å². The Labute approximate surface area is 277 Å². The quantitative estimate of drug-likeness (QED) is 0.179. The van der Waals surface area contributed by atoms with Gasteiger partial charge in [-0.05, 0) is 128 Å². The summed E-state index contributed by atoms with van der Waals surface area (Å²) < 4.78 is 0. The van der Waals surface area contributed by atoms with Crippen LogP contribution >= 0.6 is 0 Å². The zero-order chi connectivity index (χ0) is 33.7. The van der Waals surface area contributed by atoms with E-state index in [0.29, 0.717) is 33.4 Å². The molecule has 6 heteroatoms. The molecule has 0 saturated heterocycles. The minimum Gasteiger partial charge on any atom is -0.192 e. The Bertz CT molecular complexity index is 2430. The van der Waals surface area contributed by atoms with Crippen LogP contribution in [0, 0.1) is 81.8 Å². The van der Waals surface area contributed by atoms with Gasteiger partial charge in [0, 0.05) is 11.1 Å². The van der Waals surface area contributed by atoms with Crippen LogP contribution in [0.1, 0.15) is 44.5 Å². The second-order valence-corrected chi connectivity index (χ2v) is 11.7. The Morgan fingerprint density at radius 3 is 1.06 bits per heavy atom. The molecule has 7 rings (SSSR count). The maximum Gasteiger partial charge on any atom is 0.138 e. The third kappa shape index (κ3) is 4.28. The normalized spacial score (nSPS) is 11.3. The highest BCUT2D eigenvalue weighted by molar-refractivity contribution is 6.11. The molecule has 5 aromatic rings. The fourth-order valence-electron chi connectivity index (χ4n) is 6.74. The van der Waals surface area contributed by atoms with Crippen molar-refractivity contribution in [1.82, 2.24) is 0 Å². The van der Waals surface area contributed by atoms with Crippen LogP contribution in [-0.2, 0) is 0 Å². The molecular weight excluding hydrogens is 589 g/mol. The summed E-state index contributed by atoms with van der Waals surface area (Å²) in [7, 11) is 0.